The van der Waals surface area contributed by atoms with Crippen molar-refractivity contribution in [1.82, 2.24) is 4.72 Å². The summed E-state index contributed by atoms with van der Waals surface area (Å²) in [7, 11) is -3.83. The first-order chi connectivity index (χ1) is 9.92. The van der Waals surface area contributed by atoms with E-state index in [9.17, 15) is 12.8 Å². The Balaban J connectivity index is 2.21. The van der Waals surface area contributed by atoms with Crippen LogP contribution in [0.1, 0.15) is 11.1 Å². The molecule has 0 spiro atoms. The van der Waals surface area contributed by atoms with Crippen molar-refractivity contribution in [1.29, 1.82) is 5.26 Å². The Labute approximate surface area is 121 Å². The topological polar surface area (TPSA) is 96.0 Å². The fraction of sp³-hybridized carbons (Fsp3) is 0.0714. The molecule has 2 aromatic rings. The summed E-state index contributed by atoms with van der Waals surface area (Å²) in [6.45, 7) is 0.0483. The zero-order valence-corrected chi connectivity index (χ0v) is 11.7. The predicted molar refractivity (Wildman–Crippen MR) is 76.0 cm³/mol. The van der Waals surface area contributed by atoms with E-state index in [1.165, 1.54) is 0 Å². The molecule has 7 heteroatoms. The third kappa shape index (κ3) is 3.56. The van der Waals surface area contributed by atoms with Crippen LogP contribution in [0.25, 0.3) is 0 Å². The van der Waals surface area contributed by atoms with Crippen molar-refractivity contribution in [3.05, 3.63) is 59.4 Å². The second kappa shape index (κ2) is 5.91. The highest BCUT2D eigenvalue weighted by Gasteiger charge is 2.16. The van der Waals surface area contributed by atoms with Gasteiger partial charge in [-0.3, -0.25) is 0 Å². The Morgan fingerprint density at radius 2 is 2.00 bits per heavy atom. The molecule has 108 valence electrons. The van der Waals surface area contributed by atoms with Gasteiger partial charge in [0.15, 0.2) is 0 Å². The fourth-order valence-corrected chi connectivity index (χ4v) is 2.77. The summed E-state index contributed by atoms with van der Waals surface area (Å²) in [6, 6.07) is 11.4. The van der Waals surface area contributed by atoms with E-state index in [-0.39, 0.29) is 17.0 Å². The van der Waals surface area contributed by atoms with Crippen LogP contribution in [0, 0.1) is 17.1 Å². The molecule has 0 unspecified atom stereocenters. The van der Waals surface area contributed by atoms with Gasteiger partial charge in [-0.25, -0.2) is 17.5 Å². The number of nitrogens with zero attached hydrogens (tertiary/aromatic N) is 1. The lowest BCUT2D eigenvalue weighted by molar-refractivity contribution is 0.580. The highest BCUT2D eigenvalue weighted by atomic mass is 32.2. The maximum absolute atomic E-state index is 13.2. The van der Waals surface area contributed by atoms with Crippen molar-refractivity contribution in [2.75, 3.05) is 5.73 Å². The smallest absolute Gasteiger partial charge is 0.240 e. The molecule has 0 saturated carbocycles. The SMILES string of the molecule is N#Cc1cc(S(=O)(=O)NCc2cccc(N)c2)ccc1F. The average Bonchev–Trinajstić information content (AvgIpc) is 2.46. The molecule has 0 amide bonds. The molecule has 0 heterocycles. The molecule has 0 bridgehead atoms. The van der Waals surface area contributed by atoms with E-state index in [0.29, 0.717) is 11.3 Å². The Kier molecular flexibility index (Phi) is 4.21. The number of nitriles is 1. The van der Waals surface area contributed by atoms with Gasteiger partial charge in [0, 0.05) is 12.2 Å². The lowest BCUT2D eigenvalue weighted by Gasteiger charge is -2.08. The molecule has 2 rings (SSSR count). The van der Waals surface area contributed by atoms with Crippen LogP contribution in [0.15, 0.2) is 47.4 Å². The number of nitrogen functional groups attached to an aromatic ring is 1. The van der Waals surface area contributed by atoms with E-state index in [1.54, 1.807) is 30.3 Å². The van der Waals surface area contributed by atoms with E-state index < -0.39 is 15.8 Å². The van der Waals surface area contributed by atoms with E-state index >= 15 is 0 Å². The van der Waals surface area contributed by atoms with E-state index in [1.807, 2.05) is 0 Å². The number of hydrogen-bond acceptors (Lipinski definition) is 4. The third-order valence-corrected chi connectivity index (χ3v) is 4.18. The van der Waals surface area contributed by atoms with Gasteiger partial charge >= 0.3 is 0 Å². The minimum absolute atomic E-state index is 0.0483. The zero-order valence-electron chi connectivity index (χ0n) is 10.9. The Morgan fingerprint density at radius 3 is 2.67 bits per heavy atom. The molecule has 5 nitrogen and oxygen atoms in total. The Hall–Kier alpha value is -2.43. The molecular formula is C14H12FN3O2S. The molecule has 0 aliphatic carbocycles. The normalized spacial score (nSPS) is 11.0. The lowest BCUT2D eigenvalue weighted by Crippen LogP contribution is -2.23. The highest BCUT2D eigenvalue weighted by Crippen LogP contribution is 2.15. The van der Waals surface area contributed by atoms with Gasteiger partial charge in [0.05, 0.1) is 10.5 Å². The molecule has 0 radical (unpaired) electrons. The van der Waals surface area contributed by atoms with Crippen LogP contribution in [0.5, 0.6) is 0 Å². The van der Waals surface area contributed by atoms with Gasteiger partial charge in [0.2, 0.25) is 10.0 Å². The van der Waals surface area contributed by atoms with Crippen LogP contribution in [0.2, 0.25) is 0 Å². The van der Waals surface area contributed by atoms with Crippen LogP contribution in [0.3, 0.4) is 0 Å². The minimum atomic E-state index is -3.83. The van der Waals surface area contributed by atoms with Crippen molar-refractivity contribution in [3.63, 3.8) is 0 Å². The summed E-state index contributed by atoms with van der Waals surface area (Å²) in [5, 5.41) is 8.73. The van der Waals surface area contributed by atoms with Gasteiger partial charge in [-0.2, -0.15) is 5.26 Å². The van der Waals surface area contributed by atoms with Gasteiger partial charge in [0.1, 0.15) is 11.9 Å². The van der Waals surface area contributed by atoms with E-state index in [0.717, 1.165) is 18.2 Å². The summed E-state index contributed by atoms with van der Waals surface area (Å²) in [5.74, 6) is -0.757. The number of halogens is 1. The summed E-state index contributed by atoms with van der Waals surface area (Å²) in [6.07, 6.45) is 0. The van der Waals surface area contributed by atoms with Crippen molar-refractivity contribution >= 4 is 15.7 Å². The Morgan fingerprint density at radius 1 is 1.24 bits per heavy atom. The largest absolute Gasteiger partial charge is 0.399 e. The van der Waals surface area contributed by atoms with Crippen LogP contribution in [-0.4, -0.2) is 8.42 Å². The van der Waals surface area contributed by atoms with Gasteiger partial charge < -0.3 is 5.73 Å². The maximum atomic E-state index is 13.2. The van der Waals surface area contributed by atoms with Crippen molar-refractivity contribution in [2.24, 2.45) is 0 Å². The summed E-state index contributed by atoms with van der Waals surface area (Å²) in [5.41, 5.74) is 6.51. The summed E-state index contributed by atoms with van der Waals surface area (Å²) in [4.78, 5) is -0.163. The zero-order chi connectivity index (χ0) is 15.5. The first kappa shape index (κ1) is 15.0. The number of nitrogens with two attached hydrogens (primary N) is 1. The average molecular weight is 305 g/mol. The third-order valence-electron chi connectivity index (χ3n) is 2.79. The standard InChI is InChI=1S/C14H12FN3O2S/c15-14-5-4-13(7-11(14)8-16)21(19,20)18-9-10-2-1-3-12(17)6-10/h1-7,18H,9,17H2. The molecule has 0 aromatic heterocycles. The van der Waals surface area contributed by atoms with Gasteiger partial charge in [-0.15, -0.1) is 0 Å². The molecule has 0 fully saturated rings. The minimum Gasteiger partial charge on any atom is -0.399 e. The monoisotopic (exact) mass is 305 g/mol. The number of benzene rings is 2. The quantitative estimate of drug-likeness (QED) is 0.841. The van der Waals surface area contributed by atoms with Gasteiger partial charge in [-0.1, -0.05) is 12.1 Å². The predicted octanol–water partition coefficient (Wildman–Crippen LogP) is 1.76. The highest BCUT2D eigenvalue weighted by molar-refractivity contribution is 7.89. The first-order valence-electron chi connectivity index (χ1n) is 5.96. The molecule has 0 saturated heterocycles. The molecule has 0 aliphatic heterocycles. The summed E-state index contributed by atoms with van der Waals surface area (Å²) < 4.78 is 39.8. The number of rotatable bonds is 4. The second-order valence-electron chi connectivity index (χ2n) is 4.32. The van der Waals surface area contributed by atoms with Crippen LogP contribution in [-0.2, 0) is 16.6 Å². The molecular weight excluding hydrogens is 293 g/mol. The maximum Gasteiger partial charge on any atom is 0.240 e. The van der Waals surface area contributed by atoms with Gasteiger partial charge in [0.25, 0.3) is 0 Å². The van der Waals surface area contributed by atoms with Gasteiger partial charge in [-0.05, 0) is 35.9 Å². The molecule has 2 aromatic carbocycles. The van der Waals surface area contributed by atoms with Crippen LogP contribution in [0.4, 0.5) is 10.1 Å². The van der Waals surface area contributed by atoms with E-state index in [2.05, 4.69) is 4.72 Å². The van der Waals surface area contributed by atoms with Crippen molar-refractivity contribution in [3.8, 4) is 6.07 Å². The molecule has 0 aliphatic rings. The molecule has 3 N–H and O–H groups in total. The second-order valence-corrected chi connectivity index (χ2v) is 6.09. The Bertz CT molecular complexity index is 813. The first-order valence-corrected chi connectivity index (χ1v) is 7.44. The number of sulfonamides is 1. The van der Waals surface area contributed by atoms with Crippen molar-refractivity contribution in [2.45, 2.75) is 11.4 Å². The van der Waals surface area contributed by atoms with Crippen LogP contribution >= 0.6 is 0 Å². The number of nitrogens with one attached hydrogen (secondary N) is 1. The summed E-state index contributed by atoms with van der Waals surface area (Å²) >= 11 is 0. The molecule has 21 heavy (non-hydrogen) atoms. The van der Waals surface area contributed by atoms with Crippen molar-refractivity contribution < 1.29 is 12.8 Å². The fourth-order valence-electron chi connectivity index (χ4n) is 1.72. The molecule has 0 atom stereocenters. The van der Waals surface area contributed by atoms with Crippen LogP contribution < -0.4 is 10.5 Å². The van der Waals surface area contributed by atoms with E-state index in [4.69, 9.17) is 11.0 Å². The lowest BCUT2D eigenvalue weighted by atomic mass is 10.2. The number of anilines is 1. The number of hydrogen-bond donors (Lipinski definition) is 2.